The van der Waals surface area contributed by atoms with Gasteiger partial charge in [-0.25, -0.2) is 0 Å². The molecule has 1 aliphatic rings. The van der Waals surface area contributed by atoms with Crippen molar-refractivity contribution in [1.82, 2.24) is 5.32 Å². The number of nitrogens with one attached hydrogen (secondary N) is 1. The van der Waals surface area contributed by atoms with E-state index in [9.17, 15) is 10.1 Å². The Morgan fingerprint density at radius 3 is 2.75 bits per heavy atom. The molecule has 1 fully saturated rings. The van der Waals surface area contributed by atoms with Crippen LogP contribution in [0.1, 0.15) is 44.6 Å². The Balaban J connectivity index is 1.93. The average Bonchev–Trinajstić information content (AvgIpc) is 2.46. The van der Waals surface area contributed by atoms with Gasteiger partial charge in [0.15, 0.2) is 0 Å². The molecule has 1 aliphatic carbocycles. The Labute approximate surface area is 128 Å². The molecule has 1 N–H and O–H groups in total. The van der Waals surface area contributed by atoms with Crippen molar-refractivity contribution in [2.45, 2.75) is 51.6 Å². The normalized spacial score (nSPS) is 17.9. The highest BCUT2D eigenvalue weighted by Crippen LogP contribution is 2.27. The molecule has 0 saturated heterocycles. The van der Waals surface area contributed by atoms with Crippen molar-refractivity contribution in [2.75, 3.05) is 0 Å². The molecule has 0 aromatic heterocycles. The number of nitrogens with zero attached hydrogens (tertiary/aromatic N) is 1. The van der Waals surface area contributed by atoms with Crippen LogP contribution in [0.4, 0.5) is 5.69 Å². The molecule has 1 unspecified atom stereocenters. The minimum atomic E-state index is -0.349. The van der Waals surface area contributed by atoms with Crippen molar-refractivity contribution in [3.63, 3.8) is 0 Å². The summed E-state index contributed by atoms with van der Waals surface area (Å²) in [6, 6.07) is 5.79. The van der Waals surface area contributed by atoms with Crippen molar-refractivity contribution in [2.24, 2.45) is 5.92 Å². The first-order valence-corrected chi connectivity index (χ1v) is 8.03. The average molecular weight is 341 g/mol. The van der Waals surface area contributed by atoms with Gasteiger partial charge < -0.3 is 5.32 Å². The van der Waals surface area contributed by atoms with Crippen LogP contribution < -0.4 is 5.32 Å². The third kappa shape index (κ3) is 4.03. The van der Waals surface area contributed by atoms with Crippen molar-refractivity contribution in [1.29, 1.82) is 0 Å². The van der Waals surface area contributed by atoms with Gasteiger partial charge in [0, 0.05) is 18.7 Å². The van der Waals surface area contributed by atoms with Crippen LogP contribution in [0.2, 0.25) is 0 Å². The van der Waals surface area contributed by atoms with E-state index in [1.54, 1.807) is 12.1 Å². The Bertz CT molecular complexity index is 473. The maximum Gasteiger partial charge on any atom is 0.283 e. The Morgan fingerprint density at radius 2 is 2.10 bits per heavy atom. The molecule has 1 aromatic carbocycles. The molecule has 0 spiro atoms. The van der Waals surface area contributed by atoms with Gasteiger partial charge in [0.1, 0.15) is 0 Å². The molecule has 0 heterocycles. The summed E-state index contributed by atoms with van der Waals surface area (Å²) in [5.74, 6) is 0.745. The summed E-state index contributed by atoms with van der Waals surface area (Å²) in [5.41, 5.74) is 1.09. The second-order valence-electron chi connectivity index (χ2n) is 5.61. The molecule has 0 aliphatic heterocycles. The van der Waals surface area contributed by atoms with Gasteiger partial charge in [-0.1, -0.05) is 25.3 Å². The van der Waals surface area contributed by atoms with Crippen LogP contribution in [0.25, 0.3) is 0 Å². The lowest BCUT2D eigenvalue weighted by molar-refractivity contribution is -0.385. The van der Waals surface area contributed by atoms with E-state index in [-0.39, 0.29) is 10.6 Å². The molecular weight excluding hydrogens is 320 g/mol. The highest BCUT2D eigenvalue weighted by molar-refractivity contribution is 9.10. The standard InChI is InChI=1S/C15H21BrN2O2/c1-11(13-5-3-2-4-6-13)17-10-12-7-8-14(16)15(9-12)18(19)20/h7-9,11,13,17H,2-6,10H2,1H3. The number of hydrogen-bond donors (Lipinski definition) is 1. The number of halogens is 1. The molecule has 1 saturated carbocycles. The van der Waals surface area contributed by atoms with Gasteiger partial charge in [-0.3, -0.25) is 10.1 Å². The summed E-state index contributed by atoms with van der Waals surface area (Å²) < 4.78 is 0.534. The lowest BCUT2D eigenvalue weighted by atomic mass is 9.84. The predicted octanol–water partition coefficient (Wildman–Crippen LogP) is 4.42. The highest BCUT2D eigenvalue weighted by Gasteiger charge is 2.20. The van der Waals surface area contributed by atoms with Gasteiger partial charge in [-0.2, -0.15) is 0 Å². The first-order chi connectivity index (χ1) is 9.58. The summed E-state index contributed by atoms with van der Waals surface area (Å²) in [7, 11) is 0. The van der Waals surface area contributed by atoms with Crippen LogP contribution in [0.3, 0.4) is 0 Å². The van der Waals surface area contributed by atoms with Crippen LogP contribution in [-0.4, -0.2) is 11.0 Å². The smallest absolute Gasteiger partial charge is 0.283 e. The zero-order valence-corrected chi connectivity index (χ0v) is 13.4. The highest BCUT2D eigenvalue weighted by atomic mass is 79.9. The second-order valence-corrected chi connectivity index (χ2v) is 6.46. The zero-order chi connectivity index (χ0) is 14.5. The van der Waals surface area contributed by atoms with Gasteiger partial charge in [0.2, 0.25) is 0 Å². The summed E-state index contributed by atoms with van der Waals surface area (Å²) >= 11 is 3.21. The van der Waals surface area contributed by atoms with E-state index in [0.717, 1.165) is 11.5 Å². The number of rotatable bonds is 5. The van der Waals surface area contributed by atoms with Gasteiger partial charge in [-0.15, -0.1) is 0 Å². The summed E-state index contributed by atoms with van der Waals surface area (Å²) in [6.07, 6.45) is 6.63. The van der Waals surface area contributed by atoms with E-state index < -0.39 is 0 Å². The number of hydrogen-bond acceptors (Lipinski definition) is 3. The molecule has 0 amide bonds. The number of benzene rings is 1. The summed E-state index contributed by atoms with van der Waals surface area (Å²) in [6.45, 7) is 2.91. The molecule has 20 heavy (non-hydrogen) atoms. The molecule has 1 aromatic rings. The second kappa shape index (κ2) is 7.18. The Hall–Kier alpha value is -0.940. The fourth-order valence-corrected chi connectivity index (χ4v) is 3.28. The maximum atomic E-state index is 10.9. The van der Waals surface area contributed by atoms with Gasteiger partial charge in [-0.05, 0) is 53.2 Å². The fourth-order valence-electron chi connectivity index (χ4n) is 2.89. The quantitative estimate of drug-likeness (QED) is 0.637. The van der Waals surface area contributed by atoms with Crippen molar-refractivity contribution in [3.8, 4) is 0 Å². The molecule has 0 radical (unpaired) electrons. The van der Waals surface area contributed by atoms with Gasteiger partial charge in [0.25, 0.3) is 5.69 Å². The van der Waals surface area contributed by atoms with E-state index in [1.807, 2.05) is 6.07 Å². The summed E-state index contributed by atoms with van der Waals surface area (Å²) in [4.78, 5) is 10.6. The third-order valence-electron chi connectivity index (χ3n) is 4.19. The number of nitro groups is 1. The first kappa shape index (κ1) is 15.4. The maximum absolute atomic E-state index is 10.9. The SMILES string of the molecule is CC(NCc1ccc(Br)c([N+](=O)[O-])c1)C1CCCCC1. The third-order valence-corrected chi connectivity index (χ3v) is 4.86. The van der Waals surface area contributed by atoms with E-state index in [2.05, 4.69) is 28.2 Å². The first-order valence-electron chi connectivity index (χ1n) is 7.24. The predicted molar refractivity (Wildman–Crippen MR) is 83.7 cm³/mol. The Kier molecular flexibility index (Phi) is 5.54. The monoisotopic (exact) mass is 340 g/mol. The minimum absolute atomic E-state index is 0.134. The topological polar surface area (TPSA) is 55.2 Å². The van der Waals surface area contributed by atoms with E-state index >= 15 is 0 Å². The molecule has 2 rings (SSSR count). The lowest BCUT2D eigenvalue weighted by Crippen LogP contribution is -2.34. The van der Waals surface area contributed by atoms with Crippen LogP contribution in [0.5, 0.6) is 0 Å². The van der Waals surface area contributed by atoms with E-state index in [4.69, 9.17) is 0 Å². The minimum Gasteiger partial charge on any atom is -0.310 e. The van der Waals surface area contributed by atoms with Crippen LogP contribution in [0, 0.1) is 16.0 Å². The molecule has 1 atom stereocenters. The molecular formula is C15H21BrN2O2. The number of nitro benzene ring substituents is 1. The summed E-state index contributed by atoms with van der Waals surface area (Å²) in [5, 5.41) is 14.4. The molecule has 4 nitrogen and oxygen atoms in total. The van der Waals surface area contributed by atoms with Crippen molar-refractivity contribution < 1.29 is 4.92 Å². The largest absolute Gasteiger partial charge is 0.310 e. The fraction of sp³-hybridized carbons (Fsp3) is 0.600. The van der Waals surface area contributed by atoms with Crippen LogP contribution in [0.15, 0.2) is 22.7 Å². The molecule has 110 valence electrons. The Morgan fingerprint density at radius 1 is 1.40 bits per heavy atom. The van der Waals surface area contributed by atoms with Crippen LogP contribution in [-0.2, 0) is 6.54 Å². The molecule has 5 heteroatoms. The van der Waals surface area contributed by atoms with Gasteiger partial charge in [0.05, 0.1) is 9.40 Å². The zero-order valence-electron chi connectivity index (χ0n) is 11.8. The van der Waals surface area contributed by atoms with Crippen LogP contribution >= 0.6 is 15.9 Å². The van der Waals surface area contributed by atoms with Crippen molar-refractivity contribution in [3.05, 3.63) is 38.3 Å². The van der Waals surface area contributed by atoms with E-state index in [1.165, 1.54) is 32.1 Å². The lowest BCUT2D eigenvalue weighted by Gasteiger charge is -2.28. The molecule has 0 bridgehead atoms. The van der Waals surface area contributed by atoms with Gasteiger partial charge >= 0.3 is 0 Å². The van der Waals surface area contributed by atoms with E-state index in [0.29, 0.717) is 17.1 Å². The van der Waals surface area contributed by atoms with Crippen molar-refractivity contribution >= 4 is 21.6 Å².